The van der Waals surface area contributed by atoms with E-state index < -0.39 is 0 Å². The van der Waals surface area contributed by atoms with Gasteiger partial charge in [-0.05, 0) is 25.8 Å². The van der Waals surface area contributed by atoms with Gasteiger partial charge in [-0.3, -0.25) is 19.4 Å². The van der Waals surface area contributed by atoms with Crippen LogP contribution >= 0.6 is 11.8 Å². The highest BCUT2D eigenvalue weighted by molar-refractivity contribution is 8.00. The third kappa shape index (κ3) is 3.40. The van der Waals surface area contributed by atoms with Crippen LogP contribution in [-0.4, -0.2) is 28.0 Å². The molecule has 3 rings (SSSR count). The molecule has 1 atom stereocenters. The number of carbonyl (C=O) groups is 1. The lowest BCUT2D eigenvalue weighted by molar-refractivity contribution is -0.113. The third-order valence-electron chi connectivity index (χ3n) is 4.67. The first-order chi connectivity index (χ1) is 12.6. The topological polar surface area (TPSA) is 76.1 Å². The first-order valence-corrected chi connectivity index (χ1v) is 10.1. The maximum absolute atomic E-state index is 12.9. The van der Waals surface area contributed by atoms with E-state index in [2.05, 4.69) is 24.3 Å². The van der Waals surface area contributed by atoms with Gasteiger partial charge in [0.2, 0.25) is 5.91 Å². The molecule has 6 nitrogen and oxygen atoms in total. The van der Waals surface area contributed by atoms with Gasteiger partial charge in [-0.25, -0.2) is 0 Å². The number of fused-ring (bicyclic) bond motifs is 1. The highest BCUT2D eigenvalue weighted by atomic mass is 32.2. The summed E-state index contributed by atoms with van der Waals surface area (Å²) >= 11 is 1.46. The highest BCUT2D eigenvalue weighted by Gasteiger charge is 2.33. The van der Waals surface area contributed by atoms with Gasteiger partial charge in [0, 0.05) is 5.56 Å². The zero-order valence-electron chi connectivity index (χ0n) is 15.4. The minimum atomic E-state index is -0.258. The van der Waals surface area contributed by atoms with Crippen molar-refractivity contribution in [2.75, 3.05) is 17.7 Å². The lowest BCUT2D eigenvalue weighted by Crippen LogP contribution is -2.19. The van der Waals surface area contributed by atoms with Crippen molar-refractivity contribution in [3.05, 3.63) is 45.7 Å². The molecule has 2 heterocycles. The summed E-state index contributed by atoms with van der Waals surface area (Å²) in [4.78, 5) is 25.2. The number of benzene rings is 1. The average molecular weight is 375 g/mol. The number of aromatic nitrogens is 2. The quantitative estimate of drug-likeness (QED) is 0.807. The number of nitrogens with one attached hydrogen (secondary N) is 2. The predicted molar refractivity (Wildman–Crippen MR) is 105 cm³/mol. The number of hydrogen-bond acceptors (Lipinski definition) is 4. The van der Waals surface area contributed by atoms with E-state index in [-0.39, 0.29) is 22.8 Å². The van der Waals surface area contributed by atoms with Crippen LogP contribution in [0.25, 0.3) is 0 Å². The summed E-state index contributed by atoms with van der Waals surface area (Å²) in [6, 6.07) is 7.86. The van der Waals surface area contributed by atoms with E-state index in [1.165, 1.54) is 11.8 Å². The van der Waals surface area contributed by atoms with Crippen molar-refractivity contribution in [2.24, 2.45) is 0 Å². The molecule has 0 fully saturated rings. The molecular formula is C19H25N3O3S. The van der Waals surface area contributed by atoms with Gasteiger partial charge in [0.05, 0.1) is 29.2 Å². The van der Waals surface area contributed by atoms with Gasteiger partial charge in [-0.15, -0.1) is 11.8 Å². The van der Waals surface area contributed by atoms with E-state index in [1.54, 1.807) is 0 Å². The van der Waals surface area contributed by atoms with Crippen LogP contribution in [0.4, 0.5) is 5.82 Å². The van der Waals surface area contributed by atoms with Crippen molar-refractivity contribution in [3.8, 4) is 5.75 Å². The van der Waals surface area contributed by atoms with Crippen molar-refractivity contribution >= 4 is 23.5 Å². The van der Waals surface area contributed by atoms with Crippen molar-refractivity contribution < 1.29 is 9.53 Å². The van der Waals surface area contributed by atoms with Crippen LogP contribution < -0.4 is 15.6 Å². The number of para-hydroxylation sites is 1. The number of carbonyl (C=O) groups excluding carboxylic acids is 1. The zero-order chi connectivity index (χ0) is 18.7. The molecule has 2 N–H and O–H groups in total. The van der Waals surface area contributed by atoms with Crippen LogP contribution in [0.1, 0.15) is 56.0 Å². The molecule has 2 aromatic rings. The van der Waals surface area contributed by atoms with Gasteiger partial charge in [0.15, 0.2) is 0 Å². The molecule has 0 bridgehead atoms. The summed E-state index contributed by atoms with van der Waals surface area (Å²) in [5.74, 6) is 1.55. The van der Waals surface area contributed by atoms with E-state index in [0.29, 0.717) is 23.7 Å². The molecule has 1 amide bonds. The first kappa shape index (κ1) is 18.6. The van der Waals surface area contributed by atoms with Crippen molar-refractivity contribution in [1.29, 1.82) is 0 Å². The van der Waals surface area contributed by atoms with Crippen LogP contribution in [-0.2, 0) is 4.79 Å². The van der Waals surface area contributed by atoms with Crippen LogP contribution in [0.3, 0.4) is 0 Å². The Hall–Kier alpha value is -2.15. The van der Waals surface area contributed by atoms with Gasteiger partial charge in [-0.2, -0.15) is 0 Å². The third-order valence-corrected chi connectivity index (χ3v) is 5.92. The Morgan fingerprint density at radius 3 is 2.65 bits per heavy atom. The van der Waals surface area contributed by atoms with Gasteiger partial charge >= 0.3 is 0 Å². The van der Waals surface area contributed by atoms with E-state index in [1.807, 2.05) is 35.9 Å². The molecule has 0 saturated carbocycles. The maximum atomic E-state index is 12.9. The second kappa shape index (κ2) is 8.03. The number of nitrogens with zero attached hydrogens (tertiary/aromatic N) is 1. The number of H-pyrrole nitrogens is 1. The summed E-state index contributed by atoms with van der Waals surface area (Å²) in [6.45, 7) is 6.63. The molecule has 140 valence electrons. The second-order valence-corrected chi connectivity index (χ2v) is 7.35. The molecule has 1 aliphatic heterocycles. The maximum Gasteiger partial charge on any atom is 0.270 e. The molecule has 0 spiro atoms. The Balaban J connectivity index is 2.17. The number of aromatic amines is 1. The number of rotatable bonds is 6. The van der Waals surface area contributed by atoms with Gasteiger partial charge < -0.3 is 10.1 Å². The number of anilines is 1. The molecule has 1 aromatic heterocycles. The van der Waals surface area contributed by atoms with Crippen molar-refractivity contribution in [3.63, 3.8) is 0 Å². The lowest BCUT2D eigenvalue weighted by Gasteiger charge is -2.19. The summed E-state index contributed by atoms with van der Waals surface area (Å²) in [5.41, 5.74) is 1.36. The van der Waals surface area contributed by atoms with Crippen molar-refractivity contribution in [2.45, 2.75) is 44.9 Å². The van der Waals surface area contributed by atoms with E-state index in [4.69, 9.17) is 4.74 Å². The lowest BCUT2D eigenvalue weighted by atomic mass is 10.0. The van der Waals surface area contributed by atoms with Crippen LogP contribution in [0.15, 0.2) is 29.1 Å². The first-order valence-electron chi connectivity index (χ1n) is 9.08. The minimum Gasteiger partial charge on any atom is -0.494 e. The SMILES string of the molecule is CCOc1ccccc1[C@H]1SCC(=O)Nc2c1c(=O)[nH]n2C(CC)CC. The van der Waals surface area contributed by atoms with Crippen LogP contribution in [0.5, 0.6) is 5.75 Å². The normalized spacial score (nSPS) is 16.9. The molecule has 7 heteroatoms. The van der Waals surface area contributed by atoms with Gasteiger partial charge in [-0.1, -0.05) is 32.0 Å². The molecule has 1 aliphatic rings. The van der Waals surface area contributed by atoms with Crippen LogP contribution in [0.2, 0.25) is 0 Å². The van der Waals surface area contributed by atoms with Gasteiger partial charge in [0.25, 0.3) is 5.56 Å². The average Bonchev–Trinajstić information content (AvgIpc) is 2.84. The Morgan fingerprint density at radius 2 is 1.96 bits per heavy atom. The molecule has 0 radical (unpaired) electrons. The van der Waals surface area contributed by atoms with E-state index in [9.17, 15) is 9.59 Å². The van der Waals surface area contributed by atoms with Crippen LogP contribution in [0, 0.1) is 0 Å². The summed E-state index contributed by atoms with van der Waals surface area (Å²) in [6.07, 6.45) is 1.74. The number of amides is 1. The van der Waals surface area contributed by atoms with E-state index in [0.717, 1.165) is 24.2 Å². The molecule has 0 aliphatic carbocycles. The number of hydrogen-bond donors (Lipinski definition) is 2. The van der Waals surface area contributed by atoms with E-state index >= 15 is 0 Å². The minimum absolute atomic E-state index is 0.0913. The summed E-state index contributed by atoms with van der Waals surface area (Å²) in [7, 11) is 0. The monoisotopic (exact) mass is 375 g/mol. The fourth-order valence-electron chi connectivity index (χ4n) is 3.40. The number of ether oxygens (including phenoxy) is 1. The molecule has 1 aromatic carbocycles. The predicted octanol–water partition coefficient (Wildman–Crippen LogP) is 3.71. The van der Waals surface area contributed by atoms with Crippen molar-refractivity contribution in [1.82, 2.24) is 9.78 Å². The Bertz CT molecular complexity index is 839. The summed E-state index contributed by atoms with van der Waals surface area (Å²) < 4.78 is 7.60. The Kier molecular flexibility index (Phi) is 5.76. The van der Waals surface area contributed by atoms with Gasteiger partial charge in [0.1, 0.15) is 11.6 Å². The smallest absolute Gasteiger partial charge is 0.270 e. The Morgan fingerprint density at radius 1 is 1.23 bits per heavy atom. The largest absolute Gasteiger partial charge is 0.494 e. The molecule has 0 unspecified atom stereocenters. The highest BCUT2D eigenvalue weighted by Crippen LogP contribution is 2.43. The molecular weight excluding hydrogens is 350 g/mol. The fraction of sp³-hybridized carbons (Fsp3) is 0.474. The fourth-order valence-corrected chi connectivity index (χ4v) is 4.55. The standard InChI is InChI=1S/C19H25N3O3S/c1-4-12(5-2)22-18-16(19(24)21-22)17(26-11-15(23)20-18)13-9-7-8-10-14(13)25-6-3/h7-10,12,17H,4-6,11H2,1-3H3,(H,20,23)(H,21,24)/t17-/m1/s1. The Labute approximate surface area is 157 Å². The number of thioether (sulfide) groups is 1. The molecule has 0 saturated heterocycles. The summed E-state index contributed by atoms with van der Waals surface area (Å²) in [5, 5.41) is 5.63. The molecule has 26 heavy (non-hydrogen) atoms. The zero-order valence-corrected chi connectivity index (χ0v) is 16.2. The second-order valence-electron chi connectivity index (χ2n) is 6.25.